The lowest BCUT2D eigenvalue weighted by atomic mass is 10.2. The third kappa shape index (κ3) is 2.44. The Morgan fingerprint density at radius 3 is 2.84 bits per heavy atom. The molecule has 0 aromatic carbocycles. The average Bonchev–Trinajstić information content (AvgIpc) is 2.82. The van der Waals surface area contributed by atoms with Gasteiger partial charge < -0.3 is 0 Å². The molecule has 3 aromatic heterocycles. The number of rotatable bonds is 3. The molecule has 1 N–H and O–H groups in total. The van der Waals surface area contributed by atoms with E-state index >= 15 is 0 Å². The van der Waals surface area contributed by atoms with E-state index in [1.165, 1.54) is 4.68 Å². The summed E-state index contributed by atoms with van der Waals surface area (Å²) in [5.74, 6) is 0.588. The van der Waals surface area contributed by atoms with Crippen LogP contribution in [0.4, 0.5) is 0 Å². The van der Waals surface area contributed by atoms with Crippen LogP contribution in [-0.2, 0) is 6.42 Å². The molecule has 5 heteroatoms. The van der Waals surface area contributed by atoms with Gasteiger partial charge in [0.05, 0.1) is 0 Å². The maximum atomic E-state index is 11.9. The van der Waals surface area contributed by atoms with Gasteiger partial charge in [0.2, 0.25) is 0 Å². The Bertz CT molecular complexity index is 716. The second-order valence-corrected chi connectivity index (χ2v) is 4.18. The van der Waals surface area contributed by atoms with Crippen molar-refractivity contribution in [3.05, 3.63) is 76.6 Å². The predicted octanol–water partition coefficient (Wildman–Crippen LogP) is 1.55. The lowest BCUT2D eigenvalue weighted by molar-refractivity contribution is 0.798. The zero-order valence-electron chi connectivity index (χ0n) is 10.2. The molecule has 0 aliphatic carbocycles. The molecule has 3 rings (SSSR count). The fourth-order valence-electron chi connectivity index (χ4n) is 1.91. The zero-order chi connectivity index (χ0) is 13.1. The molecular formula is C14H12N4O. The Hall–Kier alpha value is -2.69. The van der Waals surface area contributed by atoms with E-state index in [1.54, 1.807) is 30.7 Å². The van der Waals surface area contributed by atoms with E-state index in [2.05, 4.69) is 15.1 Å². The van der Waals surface area contributed by atoms with E-state index in [1.807, 2.05) is 24.3 Å². The van der Waals surface area contributed by atoms with Crippen molar-refractivity contribution < 1.29 is 0 Å². The average molecular weight is 252 g/mol. The summed E-state index contributed by atoms with van der Waals surface area (Å²) in [6.45, 7) is 0. The van der Waals surface area contributed by atoms with Crippen LogP contribution in [0.2, 0.25) is 0 Å². The molecule has 0 fully saturated rings. The monoisotopic (exact) mass is 252 g/mol. The fraction of sp³-hybridized carbons (Fsp3) is 0.0714. The number of aromatic amines is 1. The molecule has 0 spiro atoms. The molecule has 19 heavy (non-hydrogen) atoms. The maximum absolute atomic E-state index is 11.9. The number of aromatic nitrogens is 4. The second-order valence-electron chi connectivity index (χ2n) is 4.18. The molecular weight excluding hydrogens is 240 g/mol. The normalized spacial score (nSPS) is 10.5. The Morgan fingerprint density at radius 2 is 2.11 bits per heavy atom. The fourth-order valence-corrected chi connectivity index (χ4v) is 1.91. The van der Waals surface area contributed by atoms with E-state index in [-0.39, 0.29) is 5.56 Å². The predicted molar refractivity (Wildman–Crippen MR) is 71.2 cm³/mol. The van der Waals surface area contributed by atoms with Crippen LogP contribution in [0.15, 0.2) is 59.8 Å². The van der Waals surface area contributed by atoms with Crippen LogP contribution in [0.1, 0.15) is 11.3 Å². The van der Waals surface area contributed by atoms with Crippen LogP contribution >= 0.6 is 0 Å². The first kappa shape index (κ1) is 11.4. The number of nitrogens with zero attached hydrogens (tertiary/aromatic N) is 3. The molecule has 3 heterocycles. The summed E-state index contributed by atoms with van der Waals surface area (Å²) in [5.41, 5.74) is 1.78. The van der Waals surface area contributed by atoms with Gasteiger partial charge in [-0.3, -0.25) is 14.9 Å². The summed E-state index contributed by atoms with van der Waals surface area (Å²) >= 11 is 0. The largest absolute Gasteiger partial charge is 0.293 e. The molecule has 3 aromatic rings. The number of hydrogen-bond acceptors (Lipinski definition) is 3. The van der Waals surface area contributed by atoms with Gasteiger partial charge in [-0.25, -0.2) is 9.67 Å². The quantitative estimate of drug-likeness (QED) is 0.769. The molecule has 0 amide bonds. The molecule has 94 valence electrons. The summed E-state index contributed by atoms with van der Waals surface area (Å²) in [6.07, 6.45) is 5.81. The highest BCUT2D eigenvalue weighted by Gasteiger charge is 2.06. The topological polar surface area (TPSA) is 63.6 Å². The minimum atomic E-state index is -0.113. The van der Waals surface area contributed by atoms with Crippen LogP contribution in [0.3, 0.4) is 0 Å². The lowest BCUT2D eigenvalue weighted by Gasteiger charge is -2.00. The van der Waals surface area contributed by atoms with Crippen molar-refractivity contribution in [2.24, 2.45) is 0 Å². The van der Waals surface area contributed by atoms with Gasteiger partial charge in [-0.05, 0) is 23.8 Å². The van der Waals surface area contributed by atoms with Gasteiger partial charge in [-0.1, -0.05) is 12.1 Å². The first-order valence-electron chi connectivity index (χ1n) is 5.94. The third-order valence-electron chi connectivity index (χ3n) is 2.77. The Kier molecular flexibility index (Phi) is 2.94. The molecule has 0 saturated carbocycles. The standard InChI is InChI=1S/C14H12N4O/c19-14-9-12(8-11-4-3-6-15-10-11)17-18(14)13-5-1-2-7-16-13/h1-7,9-10,17H,8H2. The van der Waals surface area contributed by atoms with Gasteiger partial charge >= 0.3 is 0 Å². The first-order chi connectivity index (χ1) is 9.33. The van der Waals surface area contributed by atoms with E-state index < -0.39 is 0 Å². The van der Waals surface area contributed by atoms with Crippen LogP contribution < -0.4 is 5.56 Å². The van der Waals surface area contributed by atoms with E-state index in [9.17, 15) is 4.79 Å². The van der Waals surface area contributed by atoms with Crippen molar-refractivity contribution in [2.75, 3.05) is 0 Å². The number of H-pyrrole nitrogens is 1. The van der Waals surface area contributed by atoms with Crippen molar-refractivity contribution in [1.29, 1.82) is 0 Å². The summed E-state index contributed by atoms with van der Waals surface area (Å²) in [6, 6.07) is 10.9. The van der Waals surface area contributed by atoms with Gasteiger partial charge in [-0.15, -0.1) is 0 Å². The van der Waals surface area contributed by atoms with Gasteiger partial charge in [0.1, 0.15) is 0 Å². The molecule has 0 bridgehead atoms. The van der Waals surface area contributed by atoms with E-state index in [0.717, 1.165) is 11.3 Å². The smallest absolute Gasteiger partial charge is 0.272 e. The van der Waals surface area contributed by atoms with E-state index in [4.69, 9.17) is 0 Å². The maximum Gasteiger partial charge on any atom is 0.272 e. The number of hydrogen-bond donors (Lipinski definition) is 1. The lowest BCUT2D eigenvalue weighted by Crippen LogP contribution is -2.14. The summed E-state index contributed by atoms with van der Waals surface area (Å²) in [5, 5.41) is 3.06. The summed E-state index contributed by atoms with van der Waals surface area (Å²) in [7, 11) is 0. The van der Waals surface area contributed by atoms with Crippen LogP contribution in [-0.4, -0.2) is 19.7 Å². The van der Waals surface area contributed by atoms with Gasteiger partial charge in [-0.2, -0.15) is 0 Å². The first-order valence-corrected chi connectivity index (χ1v) is 5.94. The Balaban J connectivity index is 1.92. The number of nitrogens with one attached hydrogen (secondary N) is 1. The number of pyridine rings is 2. The summed E-state index contributed by atoms with van der Waals surface area (Å²) in [4.78, 5) is 20.1. The van der Waals surface area contributed by atoms with Crippen molar-refractivity contribution >= 4 is 0 Å². The zero-order valence-corrected chi connectivity index (χ0v) is 10.2. The van der Waals surface area contributed by atoms with Gasteiger partial charge in [0, 0.05) is 36.8 Å². The molecule has 0 atom stereocenters. The van der Waals surface area contributed by atoms with Gasteiger partial charge in [0.15, 0.2) is 5.82 Å². The molecule has 0 saturated heterocycles. The highest BCUT2D eigenvalue weighted by molar-refractivity contribution is 5.23. The van der Waals surface area contributed by atoms with Gasteiger partial charge in [0.25, 0.3) is 5.56 Å². The third-order valence-corrected chi connectivity index (χ3v) is 2.77. The van der Waals surface area contributed by atoms with Crippen LogP contribution in [0.5, 0.6) is 0 Å². The highest BCUT2D eigenvalue weighted by atomic mass is 16.1. The molecule has 0 radical (unpaired) electrons. The van der Waals surface area contributed by atoms with Crippen LogP contribution in [0.25, 0.3) is 5.82 Å². The van der Waals surface area contributed by atoms with E-state index in [0.29, 0.717) is 12.2 Å². The molecule has 5 nitrogen and oxygen atoms in total. The van der Waals surface area contributed by atoms with Crippen molar-refractivity contribution in [3.8, 4) is 5.82 Å². The van der Waals surface area contributed by atoms with Crippen molar-refractivity contribution in [1.82, 2.24) is 19.7 Å². The molecule has 0 unspecified atom stereocenters. The highest BCUT2D eigenvalue weighted by Crippen LogP contribution is 2.05. The van der Waals surface area contributed by atoms with Crippen LogP contribution in [0, 0.1) is 0 Å². The minimum Gasteiger partial charge on any atom is -0.293 e. The molecule has 0 aliphatic heterocycles. The Labute approximate surface area is 109 Å². The summed E-state index contributed by atoms with van der Waals surface area (Å²) < 4.78 is 1.44. The Morgan fingerprint density at radius 1 is 1.16 bits per heavy atom. The molecule has 0 aliphatic rings. The SMILES string of the molecule is O=c1cc(Cc2cccnc2)[nH]n1-c1ccccn1. The van der Waals surface area contributed by atoms with Crippen molar-refractivity contribution in [3.63, 3.8) is 0 Å². The minimum absolute atomic E-state index is 0.113. The van der Waals surface area contributed by atoms with Crippen molar-refractivity contribution in [2.45, 2.75) is 6.42 Å². The second kappa shape index (κ2) is 4.89.